The Bertz CT molecular complexity index is 5020. The fourth-order valence-corrected chi connectivity index (χ4v) is 16.1. The Hall–Kier alpha value is -11.1. The number of rotatable bonds is 21. The number of aromatic nitrogens is 6. The van der Waals surface area contributed by atoms with E-state index in [0.717, 1.165) is 74.9 Å². The molecule has 9 heterocycles. The van der Waals surface area contributed by atoms with Crippen molar-refractivity contribution in [3.8, 4) is 0 Å². The molecule has 0 radical (unpaired) electrons. The Morgan fingerprint density at radius 3 is 0.856 bits per heavy atom. The summed E-state index contributed by atoms with van der Waals surface area (Å²) in [5.41, 5.74) is 5.81. The third-order valence-corrected chi connectivity index (χ3v) is 22.6. The molecule has 6 unspecified atom stereocenters. The van der Waals surface area contributed by atoms with Crippen LogP contribution in [0.2, 0.25) is 0 Å². The third kappa shape index (κ3) is 27.1. The molecule has 6 amide bonds. The molecular formula is C93H120F6N18O12S3. The van der Waals surface area contributed by atoms with Gasteiger partial charge in [0.25, 0.3) is 17.7 Å². The Kier molecular flexibility index (Phi) is 35.5. The lowest BCUT2D eigenvalue weighted by Gasteiger charge is -2.29. The zero-order chi connectivity index (χ0) is 92.2. The van der Waals surface area contributed by atoms with E-state index in [1.807, 2.05) is 83.1 Å². The summed E-state index contributed by atoms with van der Waals surface area (Å²) in [6.07, 6.45) is 8.64. The van der Waals surface area contributed by atoms with Gasteiger partial charge in [-0.3, -0.25) is 29.3 Å². The van der Waals surface area contributed by atoms with Crippen LogP contribution < -0.4 is 46.6 Å². The van der Waals surface area contributed by atoms with Crippen molar-refractivity contribution in [1.29, 1.82) is 0 Å². The number of carbonyl (C=O) groups excluding carboxylic acids is 6. The number of amides is 6. The van der Waals surface area contributed by atoms with Crippen LogP contribution in [-0.4, -0.2) is 234 Å². The van der Waals surface area contributed by atoms with E-state index in [1.54, 1.807) is 69.7 Å². The average molecular weight is 1890 g/mol. The Morgan fingerprint density at radius 1 is 0.371 bits per heavy atom. The number of nitrogens with zero attached hydrogens (tertiary/aromatic N) is 12. The van der Waals surface area contributed by atoms with Gasteiger partial charge in [0, 0.05) is 147 Å². The van der Waals surface area contributed by atoms with E-state index in [0.29, 0.717) is 200 Å². The van der Waals surface area contributed by atoms with Gasteiger partial charge in [-0.2, -0.15) is 40.5 Å². The van der Waals surface area contributed by atoms with Crippen LogP contribution >= 0.6 is 40.5 Å². The summed E-state index contributed by atoms with van der Waals surface area (Å²) in [5, 5.41) is 18.5. The molecule has 6 atom stereocenters. The van der Waals surface area contributed by atoms with Crippen LogP contribution in [0.4, 0.5) is 75.2 Å². The zero-order valence-corrected chi connectivity index (χ0v) is 79.4. The van der Waals surface area contributed by atoms with Crippen molar-refractivity contribution in [2.45, 2.75) is 175 Å². The molecule has 39 heteroatoms. The molecule has 132 heavy (non-hydrogen) atoms. The molecule has 0 bridgehead atoms. The van der Waals surface area contributed by atoms with Gasteiger partial charge in [-0.05, 0) is 194 Å². The molecule has 3 aromatic heterocycles. The molecule has 0 aliphatic carbocycles. The van der Waals surface area contributed by atoms with Crippen LogP contribution in [0.5, 0.6) is 0 Å². The summed E-state index contributed by atoms with van der Waals surface area (Å²) >= 11 is 0. The lowest BCUT2D eigenvalue weighted by molar-refractivity contribution is 0.0215. The minimum absolute atomic E-state index is 0. The van der Waals surface area contributed by atoms with E-state index in [-0.39, 0.29) is 114 Å². The summed E-state index contributed by atoms with van der Waals surface area (Å²) in [6.45, 7) is 32.2. The molecule has 6 N–H and O–H groups in total. The Balaban J connectivity index is 0.000000203. The standard InChI is InChI=1S/3C31H38F2N6O4.3H2S/c3*1-19(36-21-7-8-24(32)25(33)16-21)23-14-20(15-26-28(23)37-27(18-34-26)38-10-12-42-13-11-38)29(40)35-17-22-6-5-9-39(22)30(41)43-31(2,3)4;;;/h3*7-8,14-16,18-19,22,36H,5-6,9-13,17H2,1-4H3,(H,35,40);3*1H2. The zero-order valence-electron chi connectivity index (χ0n) is 76.4. The maximum atomic E-state index is 13.9. The number of hydrogen-bond donors (Lipinski definition) is 6. The number of hydrogen-bond acceptors (Lipinski definition) is 24. The molecule has 6 aliphatic heterocycles. The molecule has 6 fully saturated rings. The van der Waals surface area contributed by atoms with Gasteiger partial charge in [0.15, 0.2) is 34.9 Å². The number of anilines is 6. The summed E-state index contributed by atoms with van der Waals surface area (Å²) in [4.78, 5) is 118. The highest BCUT2D eigenvalue weighted by molar-refractivity contribution is 7.59. The first-order chi connectivity index (χ1) is 61.4. The van der Waals surface area contributed by atoms with E-state index >= 15 is 0 Å². The van der Waals surface area contributed by atoms with Gasteiger partial charge >= 0.3 is 18.3 Å². The Labute approximate surface area is 785 Å². The monoisotopic (exact) mass is 1890 g/mol. The number of carbonyl (C=O) groups is 6. The van der Waals surface area contributed by atoms with E-state index < -0.39 is 69.8 Å². The highest BCUT2D eigenvalue weighted by Crippen LogP contribution is 2.36. The largest absolute Gasteiger partial charge is 0.444 e. The summed E-state index contributed by atoms with van der Waals surface area (Å²) in [7, 11) is 0. The maximum absolute atomic E-state index is 13.9. The smallest absolute Gasteiger partial charge is 0.410 e. The second-order valence-electron chi connectivity index (χ2n) is 35.8. The second-order valence-corrected chi connectivity index (χ2v) is 35.8. The first-order valence-corrected chi connectivity index (χ1v) is 43.8. The molecule has 714 valence electrons. The molecular weight excluding hydrogens is 1770 g/mol. The van der Waals surface area contributed by atoms with Crippen molar-refractivity contribution in [2.24, 2.45) is 0 Å². The van der Waals surface area contributed by atoms with Crippen LogP contribution in [-0.2, 0) is 28.4 Å². The molecule has 9 aromatic rings. The third-order valence-electron chi connectivity index (χ3n) is 22.6. The SMILES string of the molecule is CC(Nc1ccc(F)c(F)c1)c1cc(C(=O)NCC2CCCN2C(=O)OC(C)(C)C)cc2ncc(N3CCOCC3)nc12.CC(Nc1ccc(F)c(F)c1)c1cc(C(=O)NCC2CCCN2C(=O)OC(C)(C)C)cc2ncc(N3CCOCC3)nc12.CC(Nc1ccc(F)c(F)c1)c1cc(C(=O)NCC2CCCN2C(=O)OC(C)(C)C)cc2ncc(N3CCOCC3)nc12.S.S.S. The van der Waals surface area contributed by atoms with Gasteiger partial charge in [0.2, 0.25) is 0 Å². The Morgan fingerprint density at radius 2 is 0.621 bits per heavy atom. The van der Waals surface area contributed by atoms with Crippen molar-refractivity contribution in [3.05, 3.63) is 178 Å². The van der Waals surface area contributed by atoms with Crippen LogP contribution in [0.25, 0.3) is 33.1 Å². The fraction of sp³-hybridized carbons (Fsp3) is 0.484. The van der Waals surface area contributed by atoms with Gasteiger partial charge < -0.3 is 89.7 Å². The van der Waals surface area contributed by atoms with Crippen molar-refractivity contribution in [1.82, 2.24) is 60.6 Å². The molecule has 30 nitrogen and oxygen atoms in total. The molecule has 0 saturated carbocycles. The second kappa shape index (κ2) is 45.5. The highest BCUT2D eigenvalue weighted by Gasteiger charge is 2.37. The molecule has 15 rings (SSSR count). The van der Waals surface area contributed by atoms with E-state index in [1.165, 1.54) is 18.2 Å². The van der Waals surface area contributed by atoms with Gasteiger partial charge in [0.05, 0.1) is 128 Å². The van der Waals surface area contributed by atoms with Crippen LogP contribution in [0.3, 0.4) is 0 Å². The number of halogens is 6. The first-order valence-electron chi connectivity index (χ1n) is 43.8. The van der Waals surface area contributed by atoms with Crippen LogP contribution in [0, 0.1) is 34.9 Å². The number of benzene rings is 6. The van der Waals surface area contributed by atoms with Gasteiger partial charge in [-0.25, -0.2) is 55.7 Å². The average Bonchev–Trinajstić information content (AvgIpc) is 1.02. The number of fused-ring (bicyclic) bond motifs is 3. The van der Waals surface area contributed by atoms with E-state index in [9.17, 15) is 55.1 Å². The maximum Gasteiger partial charge on any atom is 0.410 e. The molecule has 6 aromatic carbocycles. The minimum Gasteiger partial charge on any atom is -0.444 e. The van der Waals surface area contributed by atoms with Crippen molar-refractivity contribution < 1.29 is 83.5 Å². The van der Waals surface area contributed by atoms with Crippen molar-refractivity contribution in [2.75, 3.05) is 149 Å². The fourth-order valence-electron chi connectivity index (χ4n) is 16.1. The van der Waals surface area contributed by atoms with Crippen LogP contribution in [0.15, 0.2) is 110 Å². The molecule has 6 saturated heterocycles. The molecule has 6 aliphatic rings. The van der Waals surface area contributed by atoms with Gasteiger partial charge in [-0.15, -0.1) is 0 Å². The topological polar surface area (TPSA) is 327 Å². The van der Waals surface area contributed by atoms with E-state index in [4.69, 9.17) is 43.4 Å². The summed E-state index contributed by atoms with van der Waals surface area (Å²) in [6, 6.07) is 19.3. The number of nitrogens with one attached hydrogen (secondary N) is 6. The van der Waals surface area contributed by atoms with Gasteiger partial charge in [-0.1, -0.05) is 0 Å². The lowest BCUT2D eigenvalue weighted by atomic mass is 10.0. The summed E-state index contributed by atoms with van der Waals surface area (Å²) < 4.78 is 116. The number of morpholine rings is 3. The lowest BCUT2D eigenvalue weighted by Crippen LogP contribution is -2.45. The van der Waals surface area contributed by atoms with Crippen molar-refractivity contribution >= 4 is 144 Å². The highest BCUT2D eigenvalue weighted by atomic mass is 32.1. The molecule has 0 spiro atoms. The number of likely N-dealkylation sites (tertiary alicyclic amines) is 3. The quantitative estimate of drug-likeness (QED) is 0.0287. The van der Waals surface area contributed by atoms with Crippen molar-refractivity contribution in [3.63, 3.8) is 0 Å². The van der Waals surface area contributed by atoms with Gasteiger partial charge in [0.1, 0.15) is 34.3 Å². The number of ether oxygens (including phenoxy) is 6. The van der Waals surface area contributed by atoms with E-state index in [2.05, 4.69) is 61.6 Å². The first kappa shape index (κ1) is 103. The normalized spacial score (nSPS) is 17.6. The predicted octanol–water partition coefficient (Wildman–Crippen LogP) is 15.5. The minimum atomic E-state index is -0.961. The predicted molar refractivity (Wildman–Crippen MR) is 509 cm³/mol. The summed E-state index contributed by atoms with van der Waals surface area (Å²) in [5.74, 6) is -4.57. The van der Waals surface area contributed by atoms with Crippen LogP contribution in [0.1, 0.15) is 187 Å².